The number of rotatable bonds is 5. The lowest BCUT2D eigenvalue weighted by molar-refractivity contribution is 0.190. The Balaban J connectivity index is 3.77. The summed E-state index contributed by atoms with van der Waals surface area (Å²) in [6.07, 6.45) is 2.83. The molecule has 0 radical (unpaired) electrons. The molecule has 4 nitrogen and oxygen atoms in total. The van der Waals surface area contributed by atoms with Gasteiger partial charge in [0.25, 0.3) is 0 Å². The van der Waals surface area contributed by atoms with Gasteiger partial charge < -0.3 is 0 Å². The van der Waals surface area contributed by atoms with Crippen LogP contribution in [0.2, 0.25) is 0 Å². The first kappa shape index (κ1) is 12.6. The van der Waals surface area contributed by atoms with E-state index in [1.807, 2.05) is 19.9 Å². The molecule has 0 saturated heterocycles. The van der Waals surface area contributed by atoms with E-state index in [1.54, 1.807) is 6.92 Å². The molecular weight excluding hydrogens is 192 g/mol. The molecule has 1 atom stereocenters. The predicted octanol–water partition coefficient (Wildman–Crippen LogP) is 1.94. The van der Waals surface area contributed by atoms with Crippen molar-refractivity contribution >= 4 is 10.4 Å². The van der Waals surface area contributed by atoms with Gasteiger partial charge in [-0.2, -0.15) is 8.42 Å². The summed E-state index contributed by atoms with van der Waals surface area (Å²) in [6.45, 7) is 5.54. The van der Waals surface area contributed by atoms with Crippen LogP contribution >= 0.6 is 0 Å². The van der Waals surface area contributed by atoms with E-state index in [1.165, 1.54) is 5.57 Å². The second-order valence-electron chi connectivity index (χ2n) is 3.19. The second-order valence-corrected chi connectivity index (χ2v) is 4.24. The quantitative estimate of drug-likeness (QED) is 0.554. The van der Waals surface area contributed by atoms with E-state index in [0.717, 1.165) is 6.42 Å². The molecule has 0 unspecified atom stereocenters. The fraction of sp³-hybridized carbons (Fsp3) is 0.750. The van der Waals surface area contributed by atoms with Crippen molar-refractivity contribution in [3.05, 3.63) is 11.6 Å². The van der Waals surface area contributed by atoms with Crippen LogP contribution in [0.4, 0.5) is 0 Å². The normalized spacial score (nSPS) is 13.8. The molecule has 78 valence electrons. The summed E-state index contributed by atoms with van der Waals surface area (Å²) in [5.74, 6) is 0. The van der Waals surface area contributed by atoms with Crippen LogP contribution in [0.15, 0.2) is 11.6 Å². The van der Waals surface area contributed by atoms with Crippen molar-refractivity contribution in [3.63, 3.8) is 0 Å². The number of allylic oxidation sites excluding steroid dienone is 2. The Morgan fingerprint density at radius 1 is 1.54 bits per heavy atom. The van der Waals surface area contributed by atoms with Gasteiger partial charge in [0.15, 0.2) is 0 Å². The molecule has 0 spiro atoms. The average Bonchev–Trinajstić information content (AvgIpc) is 1.81. The third-order valence-electron chi connectivity index (χ3n) is 1.41. The van der Waals surface area contributed by atoms with E-state index in [0.29, 0.717) is 6.42 Å². The third kappa shape index (κ3) is 9.52. The summed E-state index contributed by atoms with van der Waals surface area (Å²) >= 11 is 0. The van der Waals surface area contributed by atoms with Crippen molar-refractivity contribution in [3.8, 4) is 0 Å². The maximum atomic E-state index is 10.3. The summed E-state index contributed by atoms with van der Waals surface area (Å²) < 4.78 is 33.2. The molecule has 5 heteroatoms. The van der Waals surface area contributed by atoms with E-state index in [9.17, 15) is 8.42 Å². The molecule has 0 aromatic rings. The lowest BCUT2D eigenvalue weighted by Crippen LogP contribution is -2.13. The van der Waals surface area contributed by atoms with Crippen molar-refractivity contribution in [1.82, 2.24) is 0 Å². The first-order valence-electron chi connectivity index (χ1n) is 4.10. The van der Waals surface area contributed by atoms with Gasteiger partial charge in [-0.15, -0.1) is 0 Å². The number of hydrogen-bond donors (Lipinski definition) is 1. The largest absolute Gasteiger partial charge is 0.397 e. The van der Waals surface area contributed by atoms with Gasteiger partial charge in [0, 0.05) is 0 Å². The van der Waals surface area contributed by atoms with E-state index in [-0.39, 0.29) is 0 Å². The lowest BCUT2D eigenvalue weighted by Gasteiger charge is -2.07. The molecule has 0 aliphatic rings. The molecule has 0 amide bonds. The number of hydrogen-bond acceptors (Lipinski definition) is 3. The zero-order valence-electron chi connectivity index (χ0n) is 8.15. The van der Waals surface area contributed by atoms with Gasteiger partial charge in [-0.25, -0.2) is 4.18 Å². The zero-order chi connectivity index (χ0) is 10.5. The monoisotopic (exact) mass is 208 g/mol. The van der Waals surface area contributed by atoms with E-state index in [4.69, 9.17) is 4.55 Å². The molecule has 0 saturated carbocycles. The van der Waals surface area contributed by atoms with Crippen LogP contribution in [0.5, 0.6) is 0 Å². The van der Waals surface area contributed by atoms with Gasteiger partial charge in [-0.1, -0.05) is 11.6 Å². The Kier molecular flexibility index (Phi) is 5.20. The van der Waals surface area contributed by atoms with Gasteiger partial charge in [0.05, 0.1) is 6.10 Å². The van der Waals surface area contributed by atoms with Gasteiger partial charge in [-0.3, -0.25) is 4.55 Å². The highest BCUT2D eigenvalue weighted by Crippen LogP contribution is 2.06. The Hall–Kier alpha value is -0.390. The maximum Gasteiger partial charge on any atom is 0.397 e. The van der Waals surface area contributed by atoms with Gasteiger partial charge in [0.2, 0.25) is 0 Å². The van der Waals surface area contributed by atoms with Crippen molar-refractivity contribution in [2.75, 3.05) is 0 Å². The van der Waals surface area contributed by atoms with Crippen LogP contribution in [0, 0.1) is 0 Å². The smallest absolute Gasteiger partial charge is 0.264 e. The summed E-state index contributed by atoms with van der Waals surface area (Å²) in [7, 11) is -4.29. The van der Waals surface area contributed by atoms with Gasteiger partial charge in [0.1, 0.15) is 0 Å². The molecule has 0 fully saturated rings. The highest BCUT2D eigenvalue weighted by molar-refractivity contribution is 7.80. The average molecular weight is 208 g/mol. The highest BCUT2D eigenvalue weighted by atomic mass is 32.3. The molecular formula is C8H16O4S. The van der Waals surface area contributed by atoms with E-state index in [2.05, 4.69) is 4.18 Å². The summed E-state index contributed by atoms with van der Waals surface area (Å²) in [6, 6.07) is 0. The SMILES string of the molecule is CC(C)=CCC[C@H](C)OS(=O)(=O)O. The van der Waals surface area contributed by atoms with Crippen LogP contribution in [-0.2, 0) is 14.6 Å². The molecule has 13 heavy (non-hydrogen) atoms. The van der Waals surface area contributed by atoms with E-state index < -0.39 is 16.5 Å². The van der Waals surface area contributed by atoms with Crippen LogP contribution in [-0.4, -0.2) is 19.1 Å². The van der Waals surface area contributed by atoms with Crippen LogP contribution in [0.1, 0.15) is 33.6 Å². The molecule has 0 aliphatic heterocycles. The van der Waals surface area contributed by atoms with Gasteiger partial charge in [-0.05, 0) is 33.6 Å². The summed E-state index contributed by atoms with van der Waals surface area (Å²) in [4.78, 5) is 0. The lowest BCUT2D eigenvalue weighted by atomic mass is 10.2. The fourth-order valence-corrected chi connectivity index (χ4v) is 1.37. The van der Waals surface area contributed by atoms with Crippen molar-refractivity contribution in [2.45, 2.75) is 39.7 Å². The molecule has 0 aromatic heterocycles. The molecule has 0 bridgehead atoms. The highest BCUT2D eigenvalue weighted by Gasteiger charge is 2.10. The van der Waals surface area contributed by atoms with Crippen LogP contribution in [0.3, 0.4) is 0 Å². The van der Waals surface area contributed by atoms with E-state index >= 15 is 0 Å². The molecule has 0 aliphatic carbocycles. The first-order chi connectivity index (χ1) is 5.81. The topological polar surface area (TPSA) is 63.6 Å². The van der Waals surface area contributed by atoms with Crippen LogP contribution in [0.25, 0.3) is 0 Å². The van der Waals surface area contributed by atoms with Crippen LogP contribution < -0.4 is 0 Å². The van der Waals surface area contributed by atoms with Crippen molar-refractivity contribution < 1.29 is 17.2 Å². The zero-order valence-corrected chi connectivity index (χ0v) is 8.97. The minimum atomic E-state index is -4.29. The molecule has 1 N–H and O–H groups in total. The Labute approximate surface area is 79.6 Å². The van der Waals surface area contributed by atoms with Crippen molar-refractivity contribution in [2.24, 2.45) is 0 Å². The summed E-state index contributed by atoms with van der Waals surface area (Å²) in [5, 5.41) is 0. The fourth-order valence-electron chi connectivity index (χ4n) is 0.862. The Morgan fingerprint density at radius 2 is 2.08 bits per heavy atom. The summed E-state index contributed by atoms with van der Waals surface area (Å²) in [5.41, 5.74) is 1.18. The predicted molar refractivity (Wildman–Crippen MR) is 50.8 cm³/mol. The Bertz CT molecular complexity index is 262. The van der Waals surface area contributed by atoms with Gasteiger partial charge >= 0.3 is 10.4 Å². The minimum Gasteiger partial charge on any atom is -0.264 e. The second kappa shape index (κ2) is 5.36. The Morgan fingerprint density at radius 3 is 2.46 bits per heavy atom. The first-order valence-corrected chi connectivity index (χ1v) is 5.47. The standard InChI is InChI=1S/C8H16O4S/c1-7(2)5-4-6-8(3)12-13(9,10)11/h5,8H,4,6H2,1-3H3,(H,9,10,11)/t8-/m0/s1. The molecule has 0 rings (SSSR count). The molecule has 0 heterocycles. The molecule has 0 aromatic carbocycles. The third-order valence-corrected chi connectivity index (χ3v) is 1.98. The maximum absolute atomic E-state index is 10.3. The minimum absolute atomic E-state index is 0.481. The van der Waals surface area contributed by atoms with Crippen molar-refractivity contribution in [1.29, 1.82) is 0 Å².